The van der Waals surface area contributed by atoms with Crippen molar-refractivity contribution in [3.63, 3.8) is 0 Å². The van der Waals surface area contributed by atoms with Crippen LogP contribution in [0.3, 0.4) is 0 Å². The molecular weight excluding hydrogens is 434 g/mol. The van der Waals surface area contributed by atoms with Crippen molar-refractivity contribution in [2.24, 2.45) is 5.92 Å². The topological polar surface area (TPSA) is 78.8 Å². The van der Waals surface area contributed by atoms with E-state index in [1.165, 1.54) is 11.3 Å². The number of aryl methyl sites for hydroxylation is 1. The lowest BCUT2D eigenvalue weighted by Crippen LogP contribution is -2.54. The fourth-order valence-corrected chi connectivity index (χ4v) is 7.21. The highest BCUT2D eigenvalue weighted by atomic mass is 32.2. The first kappa shape index (κ1) is 22.7. The summed E-state index contributed by atoms with van der Waals surface area (Å²) in [5, 5.41) is 5.65. The zero-order valence-corrected chi connectivity index (χ0v) is 20.3. The van der Waals surface area contributed by atoms with Crippen LogP contribution >= 0.6 is 11.3 Å². The van der Waals surface area contributed by atoms with Crippen LogP contribution in [0.1, 0.15) is 54.9 Å². The molecule has 0 radical (unpaired) electrons. The predicted molar refractivity (Wildman–Crippen MR) is 124 cm³/mol. The normalized spacial score (nSPS) is 19.9. The van der Waals surface area contributed by atoms with E-state index in [0.717, 1.165) is 48.1 Å². The van der Waals surface area contributed by atoms with Crippen molar-refractivity contribution >= 4 is 37.7 Å². The molecular formula is C21H33N5O3S2. The number of carbonyl (C=O) groups is 1. The van der Waals surface area contributed by atoms with E-state index in [0.29, 0.717) is 50.1 Å². The van der Waals surface area contributed by atoms with Crippen molar-refractivity contribution in [1.82, 2.24) is 23.3 Å². The maximum Gasteiger partial charge on any atom is 0.282 e. The minimum Gasteiger partial charge on any atom is -0.335 e. The Hall–Kier alpha value is -1.49. The standard InChI is InChI=1S/C21H33N5O3S2/c1-16(2)15-26-21-18(17(3)22-26)14-19(30-21)20(27)23-10-12-25(13-11-23)31(28,29)24-8-6-4-5-7-9-24/h14,16H,4-13,15H2,1-3H3. The molecule has 0 N–H and O–H groups in total. The van der Waals surface area contributed by atoms with E-state index in [1.807, 2.05) is 17.7 Å². The Labute approximate surface area is 189 Å². The third-order valence-corrected chi connectivity index (χ3v) is 9.27. The second kappa shape index (κ2) is 9.17. The van der Waals surface area contributed by atoms with Gasteiger partial charge in [-0.25, -0.2) is 0 Å². The maximum absolute atomic E-state index is 13.1. The summed E-state index contributed by atoms with van der Waals surface area (Å²) in [6.45, 7) is 9.90. The molecule has 0 atom stereocenters. The molecule has 0 bridgehead atoms. The van der Waals surface area contributed by atoms with Gasteiger partial charge in [-0.2, -0.15) is 22.1 Å². The third kappa shape index (κ3) is 4.67. The Morgan fingerprint density at radius 2 is 1.65 bits per heavy atom. The lowest BCUT2D eigenvalue weighted by atomic mass is 10.2. The molecule has 31 heavy (non-hydrogen) atoms. The number of fused-ring (bicyclic) bond motifs is 1. The number of piperazine rings is 1. The number of rotatable bonds is 5. The molecule has 0 aliphatic carbocycles. The summed E-state index contributed by atoms with van der Waals surface area (Å²) in [6.07, 6.45) is 4.05. The Morgan fingerprint density at radius 1 is 1.03 bits per heavy atom. The second-order valence-electron chi connectivity index (χ2n) is 9.00. The molecule has 2 fully saturated rings. The smallest absolute Gasteiger partial charge is 0.282 e. The zero-order valence-electron chi connectivity index (χ0n) is 18.7. The van der Waals surface area contributed by atoms with Gasteiger partial charge in [-0.15, -0.1) is 11.3 Å². The van der Waals surface area contributed by atoms with Gasteiger partial charge in [0.1, 0.15) is 4.83 Å². The molecule has 4 heterocycles. The quantitative estimate of drug-likeness (QED) is 0.677. The first-order valence-corrected chi connectivity index (χ1v) is 13.5. The maximum atomic E-state index is 13.1. The molecule has 0 spiro atoms. The van der Waals surface area contributed by atoms with Crippen LogP contribution in [-0.2, 0) is 16.8 Å². The summed E-state index contributed by atoms with van der Waals surface area (Å²) in [5.74, 6) is 0.464. The Kier molecular flexibility index (Phi) is 6.71. The van der Waals surface area contributed by atoms with Gasteiger partial charge in [0, 0.05) is 51.2 Å². The number of amides is 1. The summed E-state index contributed by atoms with van der Waals surface area (Å²) in [7, 11) is -3.44. The number of hydrogen-bond donors (Lipinski definition) is 0. The molecule has 2 aromatic heterocycles. The van der Waals surface area contributed by atoms with Gasteiger partial charge in [0.2, 0.25) is 0 Å². The molecule has 1 amide bonds. The Balaban J connectivity index is 1.43. The number of hydrogen-bond acceptors (Lipinski definition) is 5. The minimum atomic E-state index is -3.44. The first-order chi connectivity index (χ1) is 14.8. The van der Waals surface area contributed by atoms with Gasteiger partial charge >= 0.3 is 0 Å². The molecule has 2 saturated heterocycles. The highest BCUT2D eigenvalue weighted by Crippen LogP contribution is 2.30. The van der Waals surface area contributed by atoms with Gasteiger partial charge in [-0.3, -0.25) is 9.48 Å². The molecule has 4 rings (SSSR count). The van der Waals surface area contributed by atoms with Crippen LogP contribution in [0.5, 0.6) is 0 Å². The van der Waals surface area contributed by atoms with Crippen molar-refractivity contribution in [1.29, 1.82) is 0 Å². The van der Waals surface area contributed by atoms with Gasteiger partial charge < -0.3 is 4.90 Å². The van der Waals surface area contributed by atoms with Crippen molar-refractivity contribution in [3.8, 4) is 0 Å². The number of nitrogens with zero attached hydrogens (tertiary/aromatic N) is 5. The largest absolute Gasteiger partial charge is 0.335 e. The van der Waals surface area contributed by atoms with E-state index in [-0.39, 0.29) is 5.91 Å². The number of carbonyl (C=O) groups excluding carboxylic acids is 1. The molecule has 8 nitrogen and oxygen atoms in total. The molecule has 2 aliphatic rings. The molecule has 2 aliphatic heterocycles. The van der Waals surface area contributed by atoms with Crippen molar-refractivity contribution in [2.75, 3.05) is 39.3 Å². The monoisotopic (exact) mass is 467 g/mol. The number of aromatic nitrogens is 2. The van der Waals surface area contributed by atoms with Gasteiger partial charge in [0.05, 0.1) is 10.6 Å². The Morgan fingerprint density at radius 3 is 2.26 bits per heavy atom. The third-order valence-electron chi connectivity index (χ3n) is 6.10. The highest BCUT2D eigenvalue weighted by Gasteiger charge is 2.34. The summed E-state index contributed by atoms with van der Waals surface area (Å²) in [4.78, 5) is 16.7. The molecule has 0 saturated carbocycles. The minimum absolute atomic E-state index is 0.0106. The number of thiophene rings is 1. The first-order valence-electron chi connectivity index (χ1n) is 11.3. The van der Waals surface area contributed by atoms with E-state index in [4.69, 9.17) is 0 Å². The van der Waals surface area contributed by atoms with Crippen LogP contribution in [0.4, 0.5) is 0 Å². The summed E-state index contributed by atoms with van der Waals surface area (Å²) in [5.41, 5.74) is 0.944. The second-order valence-corrected chi connectivity index (χ2v) is 12.0. The van der Waals surface area contributed by atoms with E-state index in [9.17, 15) is 13.2 Å². The average molecular weight is 468 g/mol. The van der Waals surface area contributed by atoms with E-state index in [1.54, 1.807) is 13.5 Å². The van der Waals surface area contributed by atoms with Crippen LogP contribution in [0.25, 0.3) is 10.2 Å². The van der Waals surface area contributed by atoms with Crippen molar-refractivity contribution in [2.45, 2.75) is 53.0 Å². The predicted octanol–water partition coefficient (Wildman–Crippen LogP) is 2.94. The van der Waals surface area contributed by atoms with Gasteiger partial charge in [0.15, 0.2) is 0 Å². The van der Waals surface area contributed by atoms with Crippen LogP contribution in [0.15, 0.2) is 6.07 Å². The van der Waals surface area contributed by atoms with Crippen LogP contribution in [0, 0.1) is 12.8 Å². The molecule has 0 unspecified atom stereocenters. The summed E-state index contributed by atoms with van der Waals surface area (Å²) in [6, 6.07) is 1.95. The van der Waals surface area contributed by atoms with E-state index < -0.39 is 10.2 Å². The Bertz CT molecular complexity index is 1030. The molecule has 0 aromatic carbocycles. The van der Waals surface area contributed by atoms with Crippen molar-refractivity contribution < 1.29 is 13.2 Å². The fourth-order valence-electron chi connectivity index (χ4n) is 4.40. The summed E-state index contributed by atoms with van der Waals surface area (Å²) < 4.78 is 31.2. The van der Waals surface area contributed by atoms with E-state index in [2.05, 4.69) is 18.9 Å². The van der Waals surface area contributed by atoms with Crippen LogP contribution in [0.2, 0.25) is 0 Å². The SMILES string of the molecule is Cc1nn(CC(C)C)c2sc(C(=O)N3CCN(S(=O)(=O)N4CCCCCC4)CC3)cc12. The fraction of sp³-hybridized carbons (Fsp3) is 0.714. The van der Waals surface area contributed by atoms with Crippen molar-refractivity contribution in [3.05, 3.63) is 16.6 Å². The summed E-state index contributed by atoms with van der Waals surface area (Å²) >= 11 is 1.49. The lowest BCUT2D eigenvalue weighted by Gasteiger charge is -2.36. The average Bonchev–Trinajstić information content (AvgIpc) is 3.15. The molecule has 172 valence electrons. The van der Waals surface area contributed by atoms with Crippen LogP contribution in [-0.4, -0.2) is 76.9 Å². The lowest BCUT2D eigenvalue weighted by molar-refractivity contribution is 0.0699. The van der Waals surface area contributed by atoms with Gasteiger partial charge in [0.25, 0.3) is 16.1 Å². The molecule has 2 aromatic rings. The zero-order chi connectivity index (χ0) is 22.2. The van der Waals surface area contributed by atoms with Gasteiger partial charge in [-0.05, 0) is 31.7 Å². The van der Waals surface area contributed by atoms with E-state index >= 15 is 0 Å². The molecule has 10 heteroatoms. The van der Waals surface area contributed by atoms with Gasteiger partial charge in [-0.1, -0.05) is 26.7 Å². The highest BCUT2D eigenvalue weighted by molar-refractivity contribution is 7.86. The van der Waals surface area contributed by atoms with Crippen LogP contribution < -0.4 is 0 Å².